The van der Waals surface area contributed by atoms with E-state index in [0.717, 1.165) is 24.1 Å². The minimum Gasteiger partial charge on any atom is -0.353 e. The summed E-state index contributed by atoms with van der Waals surface area (Å²) in [6, 6.07) is 5.89. The second kappa shape index (κ2) is 8.22. The number of nitrogens with one attached hydrogen (secondary N) is 1. The van der Waals surface area contributed by atoms with Crippen molar-refractivity contribution < 1.29 is 9.59 Å². The number of rotatable bonds is 3. The summed E-state index contributed by atoms with van der Waals surface area (Å²) < 4.78 is 0. The van der Waals surface area contributed by atoms with Crippen LogP contribution in [0, 0.1) is 12.8 Å². The minimum atomic E-state index is -0.266. The molecule has 1 aliphatic carbocycles. The van der Waals surface area contributed by atoms with E-state index in [0.29, 0.717) is 11.6 Å². The standard InChI is InChI=1S/C20H27ClN2O2/c1-14-9-10-17(12-18(14)21)23-13-15(11-19(23)24)20(25)22-16-7-5-3-2-4-6-8-16/h9-10,12,15-16H,2-8,11,13H2,1H3,(H,22,25)/t15-/m0/s1. The average molecular weight is 363 g/mol. The Morgan fingerprint density at radius 2 is 1.84 bits per heavy atom. The predicted octanol–water partition coefficient (Wildman–Crippen LogP) is 4.23. The first kappa shape index (κ1) is 18.2. The number of amides is 2. The summed E-state index contributed by atoms with van der Waals surface area (Å²) in [5.41, 5.74) is 1.76. The van der Waals surface area contributed by atoms with Crippen molar-refractivity contribution in [3.05, 3.63) is 28.8 Å². The quantitative estimate of drug-likeness (QED) is 0.874. The number of hydrogen-bond acceptors (Lipinski definition) is 2. The number of carbonyl (C=O) groups excluding carboxylic acids is 2. The van der Waals surface area contributed by atoms with Gasteiger partial charge in [0, 0.05) is 29.7 Å². The van der Waals surface area contributed by atoms with Gasteiger partial charge in [-0.05, 0) is 37.5 Å². The van der Waals surface area contributed by atoms with Crippen molar-refractivity contribution in [2.75, 3.05) is 11.4 Å². The van der Waals surface area contributed by atoms with Crippen LogP contribution in [0.5, 0.6) is 0 Å². The number of hydrogen-bond donors (Lipinski definition) is 1. The number of aryl methyl sites for hydroxylation is 1. The largest absolute Gasteiger partial charge is 0.353 e. The van der Waals surface area contributed by atoms with Crippen LogP contribution in [0.25, 0.3) is 0 Å². The van der Waals surface area contributed by atoms with E-state index in [9.17, 15) is 9.59 Å². The number of carbonyl (C=O) groups is 2. The molecule has 1 aromatic carbocycles. The van der Waals surface area contributed by atoms with Gasteiger partial charge in [0.05, 0.1) is 5.92 Å². The van der Waals surface area contributed by atoms with Crippen molar-refractivity contribution >= 4 is 29.1 Å². The van der Waals surface area contributed by atoms with Crippen LogP contribution in [0.1, 0.15) is 56.9 Å². The molecule has 0 spiro atoms. The monoisotopic (exact) mass is 362 g/mol. The Kier molecular flexibility index (Phi) is 6.00. The van der Waals surface area contributed by atoms with E-state index in [1.165, 1.54) is 32.1 Å². The zero-order valence-electron chi connectivity index (χ0n) is 14.9. The number of halogens is 1. The lowest BCUT2D eigenvalue weighted by Crippen LogP contribution is -2.40. The topological polar surface area (TPSA) is 49.4 Å². The SMILES string of the molecule is Cc1ccc(N2C[C@@H](C(=O)NC3CCCCCCC3)CC2=O)cc1Cl. The van der Waals surface area contributed by atoms with E-state index >= 15 is 0 Å². The molecule has 136 valence electrons. The maximum atomic E-state index is 12.6. The molecule has 1 saturated carbocycles. The van der Waals surface area contributed by atoms with Crippen LogP contribution in [0.2, 0.25) is 5.02 Å². The highest BCUT2D eigenvalue weighted by Crippen LogP contribution is 2.29. The molecule has 0 radical (unpaired) electrons. The zero-order chi connectivity index (χ0) is 17.8. The minimum absolute atomic E-state index is 0.00210. The molecule has 0 aromatic heterocycles. The van der Waals surface area contributed by atoms with Gasteiger partial charge in [-0.1, -0.05) is 49.8 Å². The number of anilines is 1. The van der Waals surface area contributed by atoms with Crippen LogP contribution in [0.3, 0.4) is 0 Å². The van der Waals surface area contributed by atoms with Crippen LogP contribution in [-0.2, 0) is 9.59 Å². The third kappa shape index (κ3) is 4.55. The Balaban J connectivity index is 1.61. The fourth-order valence-electron chi connectivity index (χ4n) is 3.80. The molecule has 0 bridgehead atoms. The van der Waals surface area contributed by atoms with Gasteiger partial charge in [0.1, 0.15) is 0 Å². The molecule has 1 N–H and O–H groups in total. The Labute approximate surface area is 154 Å². The van der Waals surface area contributed by atoms with E-state index in [-0.39, 0.29) is 30.2 Å². The summed E-state index contributed by atoms with van der Waals surface area (Å²) in [5.74, 6) is -0.240. The van der Waals surface area contributed by atoms with Gasteiger partial charge in [-0.25, -0.2) is 0 Å². The van der Waals surface area contributed by atoms with E-state index in [1.54, 1.807) is 4.90 Å². The van der Waals surface area contributed by atoms with Crippen molar-refractivity contribution in [2.24, 2.45) is 5.92 Å². The molecule has 1 saturated heterocycles. The van der Waals surface area contributed by atoms with E-state index < -0.39 is 0 Å². The zero-order valence-corrected chi connectivity index (χ0v) is 15.6. The Morgan fingerprint density at radius 3 is 2.52 bits per heavy atom. The van der Waals surface area contributed by atoms with Gasteiger partial charge in [-0.15, -0.1) is 0 Å². The first-order valence-corrected chi connectivity index (χ1v) is 9.79. The number of benzene rings is 1. The lowest BCUT2D eigenvalue weighted by molar-refractivity contribution is -0.127. The molecule has 2 aliphatic rings. The fourth-order valence-corrected chi connectivity index (χ4v) is 3.98. The highest BCUT2D eigenvalue weighted by atomic mass is 35.5. The maximum Gasteiger partial charge on any atom is 0.227 e. The molecule has 2 amide bonds. The number of nitrogens with zero attached hydrogens (tertiary/aromatic N) is 1. The molecule has 0 unspecified atom stereocenters. The fraction of sp³-hybridized carbons (Fsp3) is 0.600. The van der Waals surface area contributed by atoms with Gasteiger partial charge in [-0.2, -0.15) is 0 Å². The highest BCUT2D eigenvalue weighted by molar-refractivity contribution is 6.31. The molecule has 2 fully saturated rings. The summed E-state index contributed by atoms with van der Waals surface area (Å²) in [4.78, 5) is 26.7. The van der Waals surface area contributed by atoms with Crippen LogP contribution in [0.4, 0.5) is 5.69 Å². The van der Waals surface area contributed by atoms with Crippen molar-refractivity contribution in [3.8, 4) is 0 Å². The third-order valence-corrected chi connectivity index (χ3v) is 5.82. The third-order valence-electron chi connectivity index (χ3n) is 5.41. The summed E-state index contributed by atoms with van der Waals surface area (Å²) >= 11 is 6.18. The molecule has 5 heteroatoms. The van der Waals surface area contributed by atoms with E-state index in [2.05, 4.69) is 5.32 Å². The Bertz CT molecular complexity index is 639. The molecule has 25 heavy (non-hydrogen) atoms. The molecule has 4 nitrogen and oxygen atoms in total. The van der Waals surface area contributed by atoms with Crippen LogP contribution >= 0.6 is 11.6 Å². The molecule has 1 aromatic rings. The highest BCUT2D eigenvalue weighted by Gasteiger charge is 2.35. The van der Waals surface area contributed by atoms with Gasteiger partial charge in [-0.3, -0.25) is 9.59 Å². The first-order valence-electron chi connectivity index (χ1n) is 9.41. The molecule has 1 heterocycles. The average Bonchev–Trinajstić information content (AvgIpc) is 2.94. The molecular weight excluding hydrogens is 336 g/mol. The van der Waals surface area contributed by atoms with Gasteiger partial charge in [0.15, 0.2) is 0 Å². The van der Waals surface area contributed by atoms with Crippen LogP contribution in [-0.4, -0.2) is 24.4 Å². The van der Waals surface area contributed by atoms with Crippen molar-refractivity contribution in [3.63, 3.8) is 0 Å². The summed E-state index contributed by atoms with van der Waals surface area (Å²) in [5, 5.41) is 3.84. The van der Waals surface area contributed by atoms with Crippen LogP contribution < -0.4 is 10.2 Å². The smallest absolute Gasteiger partial charge is 0.227 e. The summed E-state index contributed by atoms with van der Waals surface area (Å²) in [6.45, 7) is 2.37. The molecule has 1 aliphatic heterocycles. The molecule has 3 rings (SSSR count). The maximum absolute atomic E-state index is 12.6. The summed E-state index contributed by atoms with van der Waals surface area (Å²) in [6.07, 6.45) is 8.60. The van der Waals surface area contributed by atoms with E-state index in [1.807, 2.05) is 25.1 Å². The Hall–Kier alpha value is -1.55. The summed E-state index contributed by atoms with van der Waals surface area (Å²) in [7, 11) is 0. The van der Waals surface area contributed by atoms with Gasteiger partial charge in [0.25, 0.3) is 0 Å². The van der Waals surface area contributed by atoms with Crippen molar-refractivity contribution in [2.45, 2.75) is 64.3 Å². The van der Waals surface area contributed by atoms with Gasteiger partial charge in [0.2, 0.25) is 11.8 Å². The second-order valence-electron chi connectivity index (χ2n) is 7.39. The Morgan fingerprint density at radius 1 is 1.16 bits per heavy atom. The molecule has 1 atom stereocenters. The second-order valence-corrected chi connectivity index (χ2v) is 7.80. The van der Waals surface area contributed by atoms with Gasteiger partial charge >= 0.3 is 0 Å². The lowest BCUT2D eigenvalue weighted by atomic mass is 9.96. The first-order chi connectivity index (χ1) is 12.0. The van der Waals surface area contributed by atoms with E-state index in [4.69, 9.17) is 11.6 Å². The lowest BCUT2D eigenvalue weighted by Gasteiger charge is -2.23. The normalized spacial score (nSPS) is 22.6. The van der Waals surface area contributed by atoms with Crippen molar-refractivity contribution in [1.82, 2.24) is 5.32 Å². The van der Waals surface area contributed by atoms with Crippen LogP contribution in [0.15, 0.2) is 18.2 Å². The predicted molar refractivity (Wildman–Crippen MR) is 101 cm³/mol. The molecular formula is C20H27ClN2O2. The van der Waals surface area contributed by atoms with Crippen molar-refractivity contribution in [1.29, 1.82) is 0 Å². The van der Waals surface area contributed by atoms with Gasteiger partial charge < -0.3 is 10.2 Å².